The molecule has 0 saturated carbocycles. The number of nitrogens with zero attached hydrogens (tertiary/aromatic N) is 3. The van der Waals surface area contributed by atoms with Gasteiger partial charge in [-0.1, -0.05) is 12.1 Å². The summed E-state index contributed by atoms with van der Waals surface area (Å²) in [6.45, 7) is 0. The highest BCUT2D eigenvalue weighted by Crippen LogP contribution is 2.19. The summed E-state index contributed by atoms with van der Waals surface area (Å²) in [7, 11) is 0. The molecule has 2 heterocycles. The van der Waals surface area contributed by atoms with Gasteiger partial charge in [0.05, 0.1) is 17.2 Å². The van der Waals surface area contributed by atoms with Gasteiger partial charge in [-0.2, -0.15) is 0 Å². The minimum absolute atomic E-state index is 0.141. The van der Waals surface area contributed by atoms with Gasteiger partial charge in [0, 0.05) is 0 Å². The van der Waals surface area contributed by atoms with Crippen LogP contribution in [0.2, 0.25) is 0 Å². The second-order valence-electron chi connectivity index (χ2n) is 3.93. The van der Waals surface area contributed by atoms with E-state index >= 15 is 0 Å². The fraction of sp³-hybridized carbons (Fsp3) is 0. The topological polar surface area (TPSA) is 68.0 Å². The molecule has 0 atom stereocenters. The first-order valence-corrected chi connectivity index (χ1v) is 5.48. The zero-order valence-electron chi connectivity index (χ0n) is 9.62. The Morgan fingerprint density at radius 1 is 1.26 bits per heavy atom. The van der Waals surface area contributed by atoms with E-state index in [1.165, 1.54) is 10.9 Å². The van der Waals surface area contributed by atoms with Crippen molar-refractivity contribution in [1.29, 1.82) is 0 Å². The van der Waals surface area contributed by atoms with E-state index in [-0.39, 0.29) is 11.4 Å². The number of imidazole rings is 1. The first kappa shape index (κ1) is 11.3. The molecule has 6 heteroatoms. The molecule has 3 aromatic rings. The van der Waals surface area contributed by atoms with Crippen LogP contribution in [0.3, 0.4) is 0 Å². The number of para-hydroxylation sites is 2. The Morgan fingerprint density at radius 2 is 2.05 bits per heavy atom. The Kier molecular flexibility index (Phi) is 2.49. The number of pyridine rings is 1. The molecule has 0 unspecified atom stereocenters. The maximum atomic E-state index is 13.1. The van der Waals surface area contributed by atoms with Gasteiger partial charge in [-0.25, -0.2) is 19.2 Å². The molecule has 0 fully saturated rings. The summed E-state index contributed by atoms with van der Waals surface area (Å²) in [5.74, 6) is -1.78. The van der Waals surface area contributed by atoms with Crippen LogP contribution in [0.25, 0.3) is 16.9 Å². The minimum atomic E-state index is -1.24. The molecule has 94 valence electrons. The number of carbonyl (C=O) groups is 1. The number of benzene rings is 1. The summed E-state index contributed by atoms with van der Waals surface area (Å²) in [5, 5.41) is 9.12. The smallest absolute Gasteiger partial charge is 0.339 e. The van der Waals surface area contributed by atoms with E-state index in [9.17, 15) is 9.18 Å². The molecular weight excluding hydrogens is 249 g/mol. The zero-order valence-corrected chi connectivity index (χ0v) is 9.62. The van der Waals surface area contributed by atoms with Crippen molar-refractivity contribution >= 4 is 17.0 Å². The van der Waals surface area contributed by atoms with Gasteiger partial charge in [-0.3, -0.25) is 4.57 Å². The Labute approximate surface area is 107 Å². The van der Waals surface area contributed by atoms with Gasteiger partial charge >= 0.3 is 5.97 Å². The number of halogens is 1. The number of fused-ring (bicyclic) bond motifs is 1. The number of rotatable bonds is 2. The number of hydrogen-bond donors (Lipinski definition) is 1. The van der Waals surface area contributed by atoms with Gasteiger partial charge in [0.25, 0.3) is 0 Å². The molecule has 0 aliphatic carbocycles. The van der Waals surface area contributed by atoms with Gasteiger partial charge < -0.3 is 5.11 Å². The van der Waals surface area contributed by atoms with Crippen molar-refractivity contribution in [2.24, 2.45) is 0 Å². The lowest BCUT2D eigenvalue weighted by atomic mass is 10.2. The van der Waals surface area contributed by atoms with Crippen LogP contribution in [0.1, 0.15) is 10.4 Å². The van der Waals surface area contributed by atoms with E-state index in [1.807, 2.05) is 12.1 Å². The normalized spacial score (nSPS) is 10.8. The molecule has 0 aliphatic rings. The highest BCUT2D eigenvalue weighted by Gasteiger charge is 2.16. The molecule has 2 aromatic heterocycles. The summed E-state index contributed by atoms with van der Waals surface area (Å²) in [6.07, 6.45) is 2.45. The highest BCUT2D eigenvalue weighted by atomic mass is 19.1. The summed E-state index contributed by atoms with van der Waals surface area (Å²) < 4.78 is 14.6. The van der Waals surface area contributed by atoms with Gasteiger partial charge in [0.1, 0.15) is 17.7 Å². The molecule has 1 aromatic carbocycles. The lowest BCUT2D eigenvalue weighted by Crippen LogP contribution is -2.07. The van der Waals surface area contributed by atoms with E-state index in [4.69, 9.17) is 5.11 Å². The van der Waals surface area contributed by atoms with Crippen LogP contribution < -0.4 is 0 Å². The highest BCUT2D eigenvalue weighted by molar-refractivity contribution is 5.92. The number of carboxylic acids is 1. The Bertz CT molecular complexity index is 782. The van der Waals surface area contributed by atoms with Gasteiger partial charge in [0.2, 0.25) is 0 Å². The fourth-order valence-electron chi connectivity index (χ4n) is 1.91. The van der Waals surface area contributed by atoms with Crippen LogP contribution in [-0.4, -0.2) is 25.6 Å². The third-order valence-corrected chi connectivity index (χ3v) is 2.75. The van der Waals surface area contributed by atoms with Crippen molar-refractivity contribution in [2.75, 3.05) is 0 Å². The lowest BCUT2D eigenvalue weighted by molar-refractivity contribution is 0.0696. The minimum Gasteiger partial charge on any atom is -0.478 e. The molecule has 19 heavy (non-hydrogen) atoms. The predicted molar refractivity (Wildman–Crippen MR) is 65.8 cm³/mol. The van der Waals surface area contributed by atoms with E-state index in [1.54, 1.807) is 12.1 Å². The number of carboxylic acid groups (broad SMARTS) is 1. The van der Waals surface area contributed by atoms with Crippen molar-refractivity contribution in [1.82, 2.24) is 14.5 Å². The van der Waals surface area contributed by atoms with Crippen LogP contribution in [0, 0.1) is 5.82 Å². The number of aromatic nitrogens is 3. The Balaban J connectivity index is 2.30. The van der Waals surface area contributed by atoms with Crippen molar-refractivity contribution in [3.05, 3.63) is 54.2 Å². The van der Waals surface area contributed by atoms with Gasteiger partial charge in [0.15, 0.2) is 5.82 Å². The Morgan fingerprint density at radius 3 is 2.84 bits per heavy atom. The average Bonchev–Trinajstić information content (AvgIpc) is 2.82. The molecular formula is C13H8FN3O2. The van der Waals surface area contributed by atoms with E-state index in [0.717, 1.165) is 12.3 Å². The average molecular weight is 257 g/mol. The zero-order chi connectivity index (χ0) is 13.4. The van der Waals surface area contributed by atoms with Crippen LogP contribution in [0.5, 0.6) is 0 Å². The molecule has 1 N–H and O–H groups in total. The molecule has 0 aliphatic heterocycles. The van der Waals surface area contributed by atoms with Crippen LogP contribution >= 0.6 is 0 Å². The van der Waals surface area contributed by atoms with E-state index in [0.29, 0.717) is 11.0 Å². The van der Waals surface area contributed by atoms with Crippen molar-refractivity contribution < 1.29 is 14.3 Å². The lowest BCUT2D eigenvalue weighted by Gasteiger charge is -2.06. The van der Waals surface area contributed by atoms with Gasteiger partial charge in [-0.05, 0) is 18.2 Å². The second-order valence-corrected chi connectivity index (χ2v) is 3.93. The monoisotopic (exact) mass is 257 g/mol. The summed E-state index contributed by atoms with van der Waals surface area (Å²) in [5.41, 5.74) is 1.22. The maximum absolute atomic E-state index is 13.1. The first-order chi connectivity index (χ1) is 9.16. The standard InChI is InChI=1S/C13H8FN3O2/c14-8-5-9(13(18)19)12(15-6-8)17-7-16-10-3-1-2-4-11(10)17/h1-7H,(H,18,19). The van der Waals surface area contributed by atoms with Crippen LogP contribution in [0.15, 0.2) is 42.9 Å². The molecule has 5 nitrogen and oxygen atoms in total. The van der Waals surface area contributed by atoms with Crippen molar-refractivity contribution in [3.63, 3.8) is 0 Å². The molecule has 0 bridgehead atoms. The quantitative estimate of drug-likeness (QED) is 0.764. The fourth-order valence-corrected chi connectivity index (χ4v) is 1.91. The number of aromatic carboxylic acids is 1. The van der Waals surface area contributed by atoms with Crippen LogP contribution in [0.4, 0.5) is 4.39 Å². The summed E-state index contributed by atoms with van der Waals surface area (Å²) in [4.78, 5) is 19.2. The van der Waals surface area contributed by atoms with E-state index < -0.39 is 11.8 Å². The van der Waals surface area contributed by atoms with Gasteiger partial charge in [-0.15, -0.1) is 0 Å². The van der Waals surface area contributed by atoms with Crippen molar-refractivity contribution in [2.45, 2.75) is 0 Å². The Hall–Kier alpha value is -2.76. The maximum Gasteiger partial charge on any atom is 0.339 e. The predicted octanol–water partition coefficient (Wildman–Crippen LogP) is 2.26. The van der Waals surface area contributed by atoms with E-state index in [2.05, 4.69) is 9.97 Å². The summed E-state index contributed by atoms with van der Waals surface area (Å²) in [6, 6.07) is 8.18. The SMILES string of the molecule is O=C(O)c1cc(F)cnc1-n1cnc2ccccc21. The largest absolute Gasteiger partial charge is 0.478 e. The molecule has 0 amide bonds. The van der Waals surface area contributed by atoms with Crippen molar-refractivity contribution in [3.8, 4) is 5.82 Å². The summed E-state index contributed by atoms with van der Waals surface area (Å²) >= 11 is 0. The third kappa shape index (κ3) is 1.83. The molecule has 0 radical (unpaired) electrons. The third-order valence-electron chi connectivity index (χ3n) is 2.75. The first-order valence-electron chi connectivity index (χ1n) is 5.48. The molecule has 0 spiro atoms. The number of hydrogen-bond acceptors (Lipinski definition) is 3. The van der Waals surface area contributed by atoms with Crippen LogP contribution in [-0.2, 0) is 0 Å². The second kappa shape index (κ2) is 4.16. The molecule has 0 saturated heterocycles. The molecule has 3 rings (SSSR count).